The highest BCUT2D eigenvalue weighted by Gasteiger charge is 2.70. The molecule has 0 saturated carbocycles. The smallest absolute Gasteiger partial charge is 0.325 e. The van der Waals surface area contributed by atoms with Crippen LogP contribution in [0.15, 0.2) is 66.3 Å². The van der Waals surface area contributed by atoms with Crippen molar-refractivity contribution in [3.05, 3.63) is 77.4 Å². The molecule has 0 radical (unpaired) electrons. The van der Waals surface area contributed by atoms with Gasteiger partial charge in [-0.3, -0.25) is 9.69 Å². The van der Waals surface area contributed by atoms with Gasteiger partial charge in [-0.1, -0.05) is 67.1 Å². The minimum Gasteiger partial charge on any atom is -0.450 e. The average Bonchev–Trinajstić information content (AvgIpc) is 3.12. The fourth-order valence-electron chi connectivity index (χ4n) is 5.96. The lowest BCUT2D eigenvalue weighted by atomic mass is 9.63. The molecule has 1 aromatic rings. The van der Waals surface area contributed by atoms with Gasteiger partial charge < -0.3 is 4.74 Å². The summed E-state index contributed by atoms with van der Waals surface area (Å²) in [6, 6.07) is 8.80. The minimum absolute atomic E-state index is 0.0955. The third-order valence-corrected chi connectivity index (χ3v) is 7.16. The van der Waals surface area contributed by atoms with Gasteiger partial charge in [0.25, 0.3) is 0 Å². The summed E-state index contributed by atoms with van der Waals surface area (Å²) in [5.74, 6) is -0.0955. The summed E-state index contributed by atoms with van der Waals surface area (Å²) >= 11 is 0. The van der Waals surface area contributed by atoms with Gasteiger partial charge in [-0.15, -0.1) is 0 Å². The number of ether oxygens (including phenoxy) is 1. The number of carbonyl (C=O) groups excluding carboxylic acids is 1. The van der Waals surface area contributed by atoms with E-state index in [-0.39, 0.29) is 5.97 Å². The normalized spacial score (nSPS) is 36.3. The average molecular weight is 357 g/mol. The van der Waals surface area contributed by atoms with E-state index >= 15 is 0 Å². The maximum Gasteiger partial charge on any atom is 0.325 e. The van der Waals surface area contributed by atoms with Gasteiger partial charge in [-0.25, -0.2) is 0 Å². The number of piperidine rings is 1. The van der Waals surface area contributed by atoms with Crippen molar-refractivity contribution in [2.24, 2.45) is 5.41 Å². The lowest BCUT2D eigenvalue weighted by molar-refractivity contribution is -0.180. The zero-order valence-corrected chi connectivity index (χ0v) is 15.4. The predicted octanol–water partition coefficient (Wildman–Crippen LogP) is 3.83. The number of fused-ring (bicyclic) bond motifs is 5. The van der Waals surface area contributed by atoms with E-state index in [2.05, 4.69) is 53.5 Å². The molecule has 0 aromatic heterocycles. The molecule has 3 heteroatoms. The predicted molar refractivity (Wildman–Crippen MR) is 105 cm³/mol. The van der Waals surface area contributed by atoms with Crippen molar-refractivity contribution in [3.8, 4) is 0 Å². The van der Waals surface area contributed by atoms with Crippen LogP contribution >= 0.6 is 0 Å². The second-order valence-corrected chi connectivity index (χ2v) is 8.37. The van der Waals surface area contributed by atoms with E-state index in [0.717, 1.165) is 37.1 Å². The highest BCUT2D eigenvalue weighted by Crippen LogP contribution is 2.61. The molecule has 1 aromatic carbocycles. The van der Waals surface area contributed by atoms with E-state index in [1.807, 2.05) is 12.2 Å². The lowest BCUT2D eigenvalue weighted by Gasteiger charge is -2.57. The van der Waals surface area contributed by atoms with Crippen LogP contribution in [0.2, 0.25) is 0 Å². The molecule has 3 fully saturated rings. The number of hydrogen-bond acceptors (Lipinski definition) is 3. The van der Waals surface area contributed by atoms with Gasteiger partial charge in [0.2, 0.25) is 0 Å². The Labute approximate surface area is 159 Å². The van der Waals surface area contributed by atoms with E-state index in [9.17, 15) is 4.79 Å². The summed E-state index contributed by atoms with van der Waals surface area (Å²) in [6.07, 6.45) is 17.1. The molecule has 0 bridgehead atoms. The summed E-state index contributed by atoms with van der Waals surface area (Å²) in [7, 11) is 0. The summed E-state index contributed by atoms with van der Waals surface area (Å²) in [5.41, 5.74) is 3.53. The first kappa shape index (κ1) is 15.6. The Kier molecular flexibility index (Phi) is 3.09. The van der Waals surface area contributed by atoms with Crippen molar-refractivity contribution >= 4 is 11.5 Å². The van der Waals surface area contributed by atoms with Gasteiger partial charge in [-0.2, -0.15) is 0 Å². The fourth-order valence-corrected chi connectivity index (χ4v) is 5.96. The van der Waals surface area contributed by atoms with Crippen LogP contribution in [0.3, 0.4) is 0 Å². The second-order valence-electron chi connectivity index (χ2n) is 8.37. The minimum atomic E-state index is -0.778. The summed E-state index contributed by atoms with van der Waals surface area (Å²) in [6.45, 7) is 1.97. The van der Waals surface area contributed by atoms with Gasteiger partial charge in [0.05, 0.1) is 6.04 Å². The molecule has 27 heavy (non-hydrogen) atoms. The topological polar surface area (TPSA) is 29.5 Å². The summed E-state index contributed by atoms with van der Waals surface area (Å²) in [4.78, 5) is 16.1. The number of hydrogen-bond donors (Lipinski definition) is 0. The summed E-state index contributed by atoms with van der Waals surface area (Å²) < 4.78 is 6.31. The molecule has 6 rings (SSSR count). The molecule has 3 saturated heterocycles. The Balaban J connectivity index is 1.53. The number of rotatable bonds is 1. The fraction of sp³-hybridized carbons (Fsp3) is 0.375. The monoisotopic (exact) mass is 357 g/mol. The zero-order valence-electron chi connectivity index (χ0n) is 15.4. The van der Waals surface area contributed by atoms with Crippen molar-refractivity contribution in [2.75, 3.05) is 13.1 Å². The first-order valence-corrected chi connectivity index (χ1v) is 10.1. The van der Waals surface area contributed by atoms with Crippen LogP contribution in [-0.2, 0) is 16.0 Å². The highest BCUT2D eigenvalue weighted by atomic mass is 16.6. The molecule has 0 unspecified atom stereocenters. The second kappa shape index (κ2) is 5.32. The van der Waals surface area contributed by atoms with Crippen molar-refractivity contribution < 1.29 is 9.53 Å². The molecule has 136 valence electrons. The zero-order chi connectivity index (χ0) is 18.1. The molecule has 3 heterocycles. The van der Waals surface area contributed by atoms with Gasteiger partial charge in [0.1, 0.15) is 5.41 Å². The van der Waals surface area contributed by atoms with Crippen molar-refractivity contribution in [1.82, 2.24) is 4.90 Å². The molecule has 0 N–H and O–H groups in total. The van der Waals surface area contributed by atoms with Crippen LogP contribution < -0.4 is 0 Å². The Bertz CT molecular complexity index is 968. The van der Waals surface area contributed by atoms with E-state index in [1.54, 1.807) is 0 Å². The molecule has 3 nitrogen and oxygen atoms in total. The van der Waals surface area contributed by atoms with Gasteiger partial charge >= 0.3 is 5.97 Å². The van der Waals surface area contributed by atoms with E-state index < -0.39 is 11.0 Å². The third kappa shape index (κ3) is 1.83. The van der Waals surface area contributed by atoms with Gasteiger partial charge in [0.15, 0.2) is 5.60 Å². The van der Waals surface area contributed by atoms with Gasteiger partial charge in [-0.05, 0) is 42.5 Å². The maximum absolute atomic E-state index is 13.6. The molecule has 3 atom stereocenters. The van der Waals surface area contributed by atoms with Crippen molar-refractivity contribution in [3.63, 3.8) is 0 Å². The molecule has 5 aliphatic rings. The number of allylic oxidation sites excluding steroid dienone is 5. The molecule has 3 aliphatic heterocycles. The Morgan fingerprint density at radius 3 is 2.96 bits per heavy atom. The first-order valence-electron chi connectivity index (χ1n) is 10.1. The molecule has 1 spiro atoms. The molecular formula is C24H23NO2. The molecule has 0 amide bonds. The van der Waals surface area contributed by atoms with E-state index in [4.69, 9.17) is 4.74 Å². The number of nitrogens with zero attached hydrogens (tertiary/aromatic N) is 1. The standard InChI is InChI=1S/C24H23NO2/c26-22-23(19-13-12-17-8-3-4-9-18(17)19)14-6-1-2-10-20(23)24(27-22)16-25-15-7-5-11-21(24)25/h1-4,6,8-10,13-14,21H,5,7,11-12,15-16H2/t21-,23-,24+/m0/s1. The molecular weight excluding hydrogens is 334 g/mol. The van der Waals surface area contributed by atoms with Gasteiger partial charge in [0, 0.05) is 12.1 Å². The highest BCUT2D eigenvalue weighted by molar-refractivity contribution is 6.04. The van der Waals surface area contributed by atoms with Crippen LogP contribution in [0.25, 0.3) is 5.57 Å². The number of esters is 1. The van der Waals surface area contributed by atoms with E-state index in [1.165, 1.54) is 24.0 Å². The maximum atomic E-state index is 13.6. The van der Waals surface area contributed by atoms with Crippen LogP contribution in [0.5, 0.6) is 0 Å². The largest absolute Gasteiger partial charge is 0.450 e. The SMILES string of the molecule is O=C1O[C@]2(CN3CCCC[C@H]32)C2=CC=CC=C[C@@]12C1=CCc2ccccc21. The lowest BCUT2D eigenvalue weighted by Crippen LogP contribution is -2.71. The Hall–Kier alpha value is -2.39. The quantitative estimate of drug-likeness (QED) is 0.716. The van der Waals surface area contributed by atoms with Crippen LogP contribution in [0.4, 0.5) is 0 Å². The van der Waals surface area contributed by atoms with Crippen molar-refractivity contribution in [2.45, 2.75) is 37.3 Å². The first-order chi connectivity index (χ1) is 13.3. The van der Waals surface area contributed by atoms with Crippen LogP contribution in [-0.4, -0.2) is 35.6 Å². The van der Waals surface area contributed by atoms with Crippen LogP contribution in [0, 0.1) is 5.41 Å². The number of carbonyl (C=O) groups is 1. The van der Waals surface area contributed by atoms with Crippen LogP contribution in [0.1, 0.15) is 30.4 Å². The number of benzene rings is 1. The van der Waals surface area contributed by atoms with E-state index in [0.29, 0.717) is 6.04 Å². The summed E-state index contributed by atoms with van der Waals surface area (Å²) in [5, 5.41) is 0. The van der Waals surface area contributed by atoms with Crippen molar-refractivity contribution in [1.29, 1.82) is 0 Å². The Morgan fingerprint density at radius 1 is 1.11 bits per heavy atom. The molecule has 2 aliphatic carbocycles. The Morgan fingerprint density at radius 2 is 2.04 bits per heavy atom. The third-order valence-electron chi connectivity index (χ3n) is 7.16.